The molecule has 1 amide bonds. The average Bonchev–Trinajstić information content (AvgIpc) is 2.12. The van der Waals surface area contributed by atoms with Gasteiger partial charge < -0.3 is 10.4 Å². The van der Waals surface area contributed by atoms with Gasteiger partial charge in [-0.25, -0.2) is 0 Å². The number of rotatable bonds is 4. The third-order valence-corrected chi connectivity index (χ3v) is 1.99. The fraction of sp³-hybridized carbons (Fsp3) is 0.500. The second kappa shape index (κ2) is 4.87. The Morgan fingerprint density at radius 1 is 1.62 bits per heavy atom. The van der Waals surface area contributed by atoms with Crippen molar-refractivity contribution in [1.82, 2.24) is 5.32 Å². The molecule has 2 N–H and O–H groups in total. The molecule has 0 aliphatic rings. The molecule has 1 atom stereocenters. The molecule has 0 saturated heterocycles. The zero-order valence-electron chi connectivity index (χ0n) is 7.50. The van der Waals surface area contributed by atoms with E-state index in [9.17, 15) is 9.59 Å². The van der Waals surface area contributed by atoms with Gasteiger partial charge in [0.25, 0.3) is 0 Å². The first-order valence-electron chi connectivity index (χ1n) is 3.70. The van der Waals surface area contributed by atoms with Gasteiger partial charge in [-0.15, -0.1) is 0 Å². The van der Waals surface area contributed by atoms with Gasteiger partial charge in [-0.3, -0.25) is 9.59 Å². The van der Waals surface area contributed by atoms with Crippen molar-refractivity contribution < 1.29 is 14.7 Å². The number of halogens is 1. The topological polar surface area (TPSA) is 66.4 Å². The van der Waals surface area contributed by atoms with Crippen LogP contribution in [0.3, 0.4) is 0 Å². The Kier molecular flexibility index (Phi) is 4.48. The van der Waals surface area contributed by atoms with E-state index in [4.69, 9.17) is 16.7 Å². The minimum absolute atomic E-state index is 0.0749. The van der Waals surface area contributed by atoms with Gasteiger partial charge in [0, 0.05) is 12.6 Å². The molecule has 0 aromatic heterocycles. The van der Waals surface area contributed by atoms with Crippen LogP contribution in [-0.4, -0.2) is 24.0 Å². The second-order valence-electron chi connectivity index (χ2n) is 2.78. The molecule has 0 aliphatic heterocycles. The molecule has 0 aliphatic carbocycles. The molecular formula is C8H12ClNO3. The van der Waals surface area contributed by atoms with Crippen LogP contribution in [0.5, 0.6) is 0 Å². The lowest BCUT2D eigenvalue weighted by Crippen LogP contribution is -2.42. The van der Waals surface area contributed by atoms with Crippen molar-refractivity contribution in [2.75, 3.05) is 7.05 Å². The summed E-state index contributed by atoms with van der Waals surface area (Å²) in [5.74, 6) is -1.70. The third kappa shape index (κ3) is 2.73. The molecule has 0 aromatic rings. The van der Waals surface area contributed by atoms with Crippen LogP contribution in [0.25, 0.3) is 0 Å². The lowest BCUT2D eigenvalue weighted by atomic mass is 9.86. The van der Waals surface area contributed by atoms with Gasteiger partial charge in [-0.05, 0) is 13.3 Å². The number of carbonyl (C=O) groups is 2. The van der Waals surface area contributed by atoms with Crippen LogP contribution in [0, 0.1) is 5.41 Å². The van der Waals surface area contributed by atoms with Crippen LogP contribution >= 0.6 is 11.6 Å². The highest BCUT2D eigenvalue weighted by molar-refractivity contribution is 6.25. The third-order valence-electron chi connectivity index (χ3n) is 1.82. The van der Waals surface area contributed by atoms with Crippen molar-refractivity contribution in [3.05, 3.63) is 11.6 Å². The largest absolute Gasteiger partial charge is 0.480 e. The maximum absolute atomic E-state index is 11.2. The van der Waals surface area contributed by atoms with E-state index in [1.54, 1.807) is 0 Å². The molecule has 0 aromatic carbocycles. The molecule has 0 radical (unpaired) electrons. The number of carbonyl (C=O) groups excluding carboxylic acids is 1. The number of hydrogen-bond donors (Lipinski definition) is 2. The summed E-state index contributed by atoms with van der Waals surface area (Å²) in [5, 5.41) is 11.1. The van der Waals surface area contributed by atoms with Crippen LogP contribution in [0.4, 0.5) is 0 Å². The normalized spacial score (nSPS) is 15.3. The predicted octanol–water partition coefficient (Wildman–Crippen LogP) is 0.966. The molecule has 4 nitrogen and oxygen atoms in total. The number of nitrogens with one attached hydrogen (secondary N) is 1. The summed E-state index contributed by atoms with van der Waals surface area (Å²) in [6.45, 7) is 1.35. The first-order valence-corrected chi connectivity index (χ1v) is 4.13. The van der Waals surface area contributed by atoms with Crippen molar-refractivity contribution >= 4 is 23.5 Å². The molecule has 1 unspecified atom stereocenters. The minimum atomic E-state index is -1.44. The van der Waals surface area contributed by atoms with E-state index in [0.29, 0.717) is 0 Å². The summed E-state index contributed by atoms with van der Waals surface area (Å²) in [6.07, 6.45) is 1.51. The maximum atomic E-state index is 11.2. The Labute approximate surface area is 81.6 Å². The van der Waals surface area contributed by atoms with E-state index in [0.717, 1.165) is 0 Å². The molecule has 0 saturated carbocycles. The molecule has 0 bridgehead atoms. The van der Waals surface area contributed by atoms with Crippen molar-refractivity contribution in [3.63, 3.8) is 0 Å². The van der Waals surface area contributed by atoms with E-state index < -0.39 is 17.3 Å². The SMILES string of the molecule is CNC(=O)C(C)(C/C=C/Cl)C(=O)O. The van der Waals surface area contributed by atoms with Gasteiger partial charge in [-0.2, -0.15) is 0 Å². The lowest BCUT2D eigenvalue weighted by molar-refractivity contribution is -0.154. The van der Waals surface area contributed by atoms with Crippen molar-refractivity contribution in [1.29, 1.82) is 0 Å². The molecule has 74 valence electrons. The Balaban J connectivity index is 4.72. The van der Waals surface area contributed by atoms with Crippen LogP contribution in [0.1, 0.15) is 13.3 Å². The minimum Gasteiger partial charge on any atom is -0.480 e. The predicted molar refractivity (Wildman–Crippen MR) is 49.4 cm³/mol. The van der Waals surface area contributed by atoms with Crippen LogP contribution in [0.15, 0.2) is 11.6 Å². The number of aliphatic carboxylic acids is 1. The average molecular weight is 206 g/mol. The summed E-state index contributed by atoms with van der Waals surface area (Å²) in [7, 11) is 1.40. The molecular weight excluding hydrogens is 194 g/mol. The quantitative estimate of drug-likeness (QED) is 0.672. The Morgan fingerprint density at radius 2 is 2.15 bits per heavy atom. The van der Waals surface area contributed by atoms with E-state index in [1.165, 1.54) is 25.6 Å². The van der Waals surface area contributed by atoms with Gasteiger partial charge in [0.05, 0.1) is 0 Å². The molecule has 0 spiro atoms. The summed E-state index contributed by atoms with van der Waals surface area (Å²) < 4.78 is 0. The Morgan fingerprint density at radius 3 is 2.46 bits per heavy atom. The van der Waals surface area contributed by atoms with Gasteiger partial charge in [0.2, 0.25) is 5.91 Å². The fourth-order valence-electron chi connectivity index (χ4n) is 0.833. The van der Waals surface area contributed by atoms with Gasteiger partial charge >= 0.3 is 5.97 Å². The number of amides is 1. The van der Waals surface area contributed by atoms with Crippen LogP contribution in [-0.2, 0) is 9.59 Å². The van der Waals surface area contributed by atoms with Crippen LogP contribution < -0.4 is 5.32 Å². The molecule has 0 fully saturated rings. The highest BCUT2D eigenvalue weighted by atomic mass is 35.5. The molecule has 13 heavy (non-hydrogen) atoms. The van der Waals surface area contributed by atoms with Gasteiger partial charge in [-0.1, -0.05) is 17.7 Å². The first-order chi connectivity index (χ1) is 5.99. The number of carboxylic acids is 1. The van der Waals surface area contributed by atoms with E-state index in [-0.39, 0.29) is 6.42 Å². The summed E-state index contributed by atoms with van der Waals surface area (Å²) in [5.41, 5.74) is -0.246. The standard InChI is InChI=1S/C8H12ClNO3/c1-8(7(12)13,4-3-5-9)6(11)10-2/h3,5H,4H2,1-2H3,(H,10,11)(H,12,13)/b5-3+. The summed E-state index contributed by atoms with van der Waals surface area (Å²) in [6, 6.07) is 0. The highest BCUT2D eigenvalue weighted by Crippen LogP contribution is 2.22. The van der Waals surface area contributed by atoms with E-state index >= 15 is 0 Å². The van der Waals surface area contributed by atoms with Gasteiger partial charge in [0.15, 0.2) is 0 Å². The van der Waals surface area contributed by atoms with Crippen LogP contribution in [0.2, 0.25) is 0 Å². The van der Waals surface area contributed by atoms with E-state index in [1.807, 2.05) is 0 Å². The van der Waals surface area contributed by atoms with Crippen molar-refractivity contribution in [2.45, 2.75) is 13.3 Å². The second-order valence-corrected chi connectivity index (χ2v) is 3.03. The van der Waals surface area contributed by atoms with Crippen molar-refractivity contribution in [3.8, 4) is 0 Å². The van der Waals surface area contributed by atoms with E-state index in [2.05, 4.69) is 5.32 Å². The monoisotopic (exact) mass is 205 g/mol. The fourth-order valence-corrected chi connectivity index (χ4v) is 0.922. The van der Waals surface area contributed by atoms with Crippen molar-refractivity contribution in [2.24, 2.45) is 5.41 Å². The first kappa shape index (κ1) is 12.0. The van der Waals surface area contributed by atoms with Gasteiger partial charge in [0.1, 0.15) is 5.41 Å². The molecule has 0 heterocycles. The maximum Gasteiger partial charge on any atom is 0.319 e. The summed E-state index contributed by atoms with van der Waals surface area (Å²) >= 11 is 5.25. The molecule has 0 rings (SSSR count). The zero-order valence-corrected chi connectivity index (χ0v) is 8.26. The number of hydrogen-bond acceptors (Lipinski definition) is 2. The lowest BCUT2D eigenvalue weighted by Gasteiger charge is -2.20. The molecule has 5 heteroatoms. The Bertz CT molecular complexity index is 240. The smallest absolute Gasteiger partial charge is 0.319 e. The number of allylic oxidation sites excluding steroid dienone is 1. The summed E-state index contributed by atoms with van der Waals surface area (Å²) in [4.78, 5) is 22.0. The highest BCUT2D eigenvalue weighted by Gasteiger charge is 2.39. The number of carboxylic acid groups (broad SMARTS) is 1. The zero-order chi connectivity index (χ0) is 10.5. The Hall–Kier alpha value is -1.03.